The molecule has 0 amide bonds. The predicted octanol–water partition coefficient (Wildman–Crippen LogP) is 2.12. The van der Waals surface area contributed by atoms with Crippen molar-refractivity contribution in [3.63, 3.8) is 0 Å². The van der Waals surface area contributed by atoms with Gasteiger partial charge in [-0.15, -0.1) is 0 Å². The lowest BCUT2D eigenvalue weighted by molar-refractivity contribution is -0.0319. The van der Waals surface area contributed by atoms with E-state index in [0.717, 1.165) is 28.8 Å². The van der Waals surface area contributed by atoms with Crippen LogP contribution in [0, 0.1) is 0 Å². The van der Waals surface area contributed by atoms with Gasteiger partial charge < -0.3 is 5.11 Å². The molecule has 16 heavy (non-hydrogen) atoms. The van der Waals surface area contributed by atoms with Gasteiger partial charge in [0.2, 0.25) is 0 Å². The van der Waals surface area contributed by atoms with Crippen molar-refractivity contribution < 1.29 is 5.11 Å². The second-order valence-corrected chi connectivity index (χ2v) is 5.41. The van der Waals surface area contributed by atoms with E-state index in [2.05, 4.69) is 25.9 Å². The Balaban J connectivity index is 2.05. The number of nitrogens with zero attached hydrogens (tertiary/aromatic N) is 3. The van der Waals surface area contributed by atoms with Crippen LogP contribution in [-0.4, -0.2) is 25.1 Å². The Morgan fingerprint density at radius 2 is 2.31 bits per heavy atom. The number of halogens is 1. The highest BCUT2D eigenvalue weighted by Crippen LogP contribution is 2.45. The summed E-state index contributed by atoms with van der Waals surface area (Å²) in [7, 11) is 0. The molecule has 0 spiro atoms. The molecule has 0 aromatic carbocycles. The van der Waals surface area contributed by atoms with Gasteiger partial charge in [0.25, 0.3) is 0 Å². The van der Waals surface area contributed by atoms with Crippen molar-refractivity contribution in [2.45, 2.75) is 31.3 Å². The van der Waals surface area contributed by atoms with Crippen LogP contribution in [0.4, 0.5) is 0 Å². The molecule has 1 aliphatic rings. The van der Waals surface area contributed by atoms with Crippen molar-refractivity contribution in [2.75, 3.05) is 0 Å². The molecule has 1 saturated carbocycles. The molecule has 2 heterocycles. The number of aromatic nitrogens is 3. The molecule has 84 valence electrons. The van der Waals surface area contributed by atoms with Gasteiger partial charge in [0.1, 0.15) is 0 Å². The number of rotatable bonds is 1. The molecule has 1 N–H and O–H groups in total. The SMILES string of the molecule is CC1(O)CC(c2nc(Br)n3ccncc23)C1. The smallest absolute Gasteiger partial charge is 0.182 e. The summed E-state index contributed by atoms with van der Waals surface area (Å²) in [5, 5.41) is 9.76. The number of hydrogen-bond donors (Lipinski definition) is 1. The van der Waals surface area contributed by atoms with Crippen molar-refractivity contribution in [2.24, 2.45) is 0 Å². The Bertz CT molecular complexity index is 541. The third-order valence-electron chi connectivity index (χ3n) is 3.19. The topological polar surface area (TPSA) is 50.4 Å². The van der Waals surface area contributed by atoms with Crippen LogP contribution in [0.3, 0.4) is 0 Å². The third kappa shape index (κ3) is 1.46. The van der Waals surface area contributed by atoms with Crippen LogP contribution in [0.25, 0.3) is 5.52 Å². The second-order valence-electron chi connectivity index (χ2n) is 4.70. The maximum atomic E-state index is 9.76. The molecule has 0 saturated heterocycles. The van der Waals surface area contributed by atoms with Gasteiger partial charge in [-0.1, -0.05) is 0 Å². The molecule has 0 atom stereocenters. The molecule has 0 bridgehead atoms. The van der Waals surface area contributed by atoms with E-state index in [0.29, 0.717) is 5.92 Å². The molecule has 2 aromatic heterocycles. The zero-order valence-corrected chi connectivity index (χ0v) is 10.5. The molecule has 0 radical (unpaired) electrons. The fourth-order valence-electron chi connectivity index (χ4n) is 2.42. The van der Waals surface area contributed by atoms with Gasteiger partial charge in [0.05, 0.1) is 23.0 Å². The van der Waals surface area contributed by atoms with Crippen LogP contribution in [0.15, 0.2) is 23.3 Å². The molecule has 0 unspecified atom stereocenters. The Morgan fingerprint density at radius 1 is 1.56 bits per heavy atom. The molecule has 5 heteroatoms. The van der Waals surface area contributed by atoms with E-state index in [1.165, 1.54) is 0 Å². The fraction of sp³-hybridized carbons (Fsp3) is 0.455. The summed E-state index contributed by atoms with van der Waals surface area (Å²) in [5.74, 6) is 0.348. The lowest BCUT2D eigenvalue weighted by Crippen LogP contribution is -2.39. The van der Waals surface area contributed by atoms with E-state index in [1.807, 2.05) is 23.7 Å². The Kier molecular flexibility index (Phi) is 2.09. The fourth-order valence-corrected chi connectivity index (χ4v) is 2.92. The minimum Gasteiger partial charge on any atom is -0.390 e. The van der Waals surface area contributed by atoms with Gasteiger partial charge in [-0.3, -0.25) is 9.38 Å². The minimum atomic E-state index is -0.519. The van der Waals surface area contributed by atoms with Crippen molar-refractivity contribution in [3.8, 4) is 0 Å². The maximum Gasteiger partial charge on any atom is 0.182 e. The normalized spacial score (nSPS) is 29.3. The van der Waals surface area contributed by atoms with Gasteiger partial charge in [0.15, 0.2) is 4.73 Å². The van der Waals surface area contributed by atoms with Crippen LogP contribution in [-0.2, 0) is 0 Å². The number of hydrogen-bond acceptors (Lipinski definition) is 3. The largest absolute Gasteiger partial charge is 0.390 e. The molecular formula is C11H12BrN3O. The summed E-state index contributed by atoms with van der Waals surface area (Å²) in [6.07, 6.45) is 7.00. The molecular weight excluding hydrogens is 270 g/mol. The summed E-state index contributed by atoms with van der Waals surface area (Å²) < 4.78 is 2.77. The Hall–Kier alpha value is -0.940. The minimum absolute atomic E-state index is 0.348. The van der Waals surface area contributed by atoms with Crippen LogP contribution in [0.1, 0.15) is 31.4 Å². The van der Waals surface area contributed by atoms with E-state index in [-0.39, 0.29) is 0 Å². The maximum absolute atomic E-state index is 9.76. The lowest BCUT2D eigenvalue weighted by atomic mass is 9.70. The predicted molar refractivity (Wildman–Crippen MR) is 63.3 cm³/mol. The number of imidazole rings is 1. The standard InChI is InChI=1S/C11H12BrN3O/c1-11(16)4-7(5-11)9-8-6-13-2-3-15(8)10(12)14-9/h2-3,6-7,16H,4-5H2,1H3. The van der Waals surface area contributed by atoms with Gasteiger partial charge in [-0.2, -0.15) is 0 Å². The van der Waals surface area contributed by atoms with Crippen LogP contribution in [0.5, 0.6) is 0 Å². The van der Waals surface area contributed by atoms with Gasteiger partial charge in [-0.05, 0) is 35.7 Å². The molecule has 2 aromatic rings. The van der Waals surface area contributed by atoms with E-state index in [1.54, 1.807) is 6.20 Å². The molecule has 1 aliphatic carbocycles. The Labute approximate surface area is 101 Å². The van der Waals surface area contributed by atoms with E-state index < -0.39 is 5.60 Å². The summed E-state index contributed by atoms with van der Waals surface area (Å²) in [6, 6.07) is 0. The highest BCUT2D eigenvalue weighted by Gasteiger charge is 2.41. The first-order valence-corrected chi connectivity index (χ1v) is 6.06. The van der Waals surface area contributed by atoms with Gasteiger partial charge in [0, 0.05) is 18.3 Å². The van der Waals surface area contributed by atoms with Crippen LogP contribution >= 0.6 is 15.9 Å². The summed E-state index contributed by atoms with van der Waals surface area (Å²) in [4.78, 5) is 8.63. The average Bonchev–Trinajstić information content (AvgIpc) is 2.53. The van der Waals surface area contributed by atoms with Crippen LogP contribution in [0.2, 0.25) is 0 Å². The summed E-state index contributed by atoms with van der Waals surface area (Å²) in [6.45, 7) is 1.87. The first-order chi connectivity index (χ1) is 7.57. The summed E-state index contributed by atoms with van der Waals surface area (Å²) >= 11 is 3.43. The van der Waals surface area contributed by atoms with Crippen molar-refractivity contribution in [3.05, 3.63) is 29.0 Å². The monoisotopic (exact) mass is 281 g/mol. The molecule has 0 aliphatic heterocycles. The van der Waals surface area contributed by atoms with E-state index in [9.17, 15) is 5.11 Å². The molecule has 4 nitrogen and oxygen atoms in total. The van der Waals surface area contributed by atoms with Crippen molar-refractivity contribution in [1.82, 2.24) is 14.4 Å². The van der Waals surface area contributed by atoms with Gasteiger partial charge >= 0.3 is 0 Å². The first-order valence-electron chi connectivity index (χ1n) is 5.27. The quantitative estimate of drug-likeness (QED) is 0.871. The van der Waals surface area contributed by atoms with E-state index >= 15 is 0 Å². The number of aliphatic hydroxyl groups is 1. The van der Waals surface area contributed by atoms with E-state index in [4.69, 9.17) is 0 Å². The third-order valence-corrected chi connectivity index (χ3v) is 3.75. The first kappa shape index (κ1) is 10.2. The summed E-state index contributed by atoms with van der Waals surface area (Å²) in [5.41, 5.74) is 1.54. The van der Waals surface area contributed by atoms with Crippen molar-refractivity contribution >= 4 is 21.4 Å². The average molecular weight is 282 g/mol. The molecule has 3 rings (SSSR count). The lowest BCUT2D eigenvalue weighted by Gasteiger charge is -2.40. The van der Waals surface area contributed by atoms with Crippen molar-refractivity contribution in [1.29, 1.82) is 0 Å². The zero-order chi connectivity index (χ0) is 11.3. The second kappa shape index (κ2) is 3.28. The van der Waals surface area contributed by atoms with Gasteiger partial charge in [-0.25, -0.2) is 4.98 Å². The van der Waals surface area contributed by atoms with Crippen LogP contribution < -0.4 is 0 Å². The highest BCUT2D eigenvalue weighted by atomic mass is 79.9. The molecule has 1 fully saturated rings. The zero-order valence-electron chi connectivity index (χ0n) is 8.89. The highest BCUT2D eigenvalue weighted by molar-refractivity contribution is 9.10. The Morgan fingerprint density at radius 3 is 3.00 bits per heavy atom. The number of fused-ring (bicyclic) bond motifs is 1.